The van der Waals surface area contributed by atoms with Gasteiger partial charge in [-0.2, -0.15) is 0 Å². The van der Waals surface area contributed by atoms with E-state index in [2.05, 4.69) is 244 Å². The van der Waals surface area contributed by atoms with Gasteiger partial charge in [-0.25, -0.2) is 14.3 Å². The molecule has 0 N–H and O–H groups in total. The standard InChI is InChI=1S/C59H38N4/c1-3-16-39(17-4-1)41-30-32-42(33-31-41)50-37-44(40-18-5-2-6-19-40)38-51(60-50)43-20-15-21-45(36-43)61-52-26-11-9-24-48(52)58-56(61)34-35-57-59(58)49-25-10-14-29-55(49)63(57)62-53-27-12-7-22-46(53)47-23-8-13-28-54(47)62/h1-38H. The van der Waals surface area contributed by atoms with E-state index in [4.69, 9.17) is 4.98 Å². The monoisotopic (exact) mass is 802 g/mol. The minimum Gasteiger partial charge on any atom is -0.309 e. The number of pyridine rings is 1. The highest BCUT2D eigenvalue weighted by Crippen LogP contribution is 2.43. The lowest BCUT2D eigenvalue weighted by molar-refractivity contribution is 0.775. The fourth-order valence-corrected chi connectivity index (χ4v) is 10.0. The molecule has 0 bridgehead atoms. The van der Waals surface area contributed by atoms with Crippen LogP contribution in [0.4, 0.5) is 0 Å². The highest BCUT2D eigenvalue weighted by Gasteiger charge is 2.23. The zero-order chi connectivity index (χ0) is 41.4. The van der Waals surface area contributed by atoms with Crippen LogP contribution in [0.15, 0.2) is 231 Å². The van der Waals surface area contributed by atoms with Crippen LogP contribution < -0.4 is 0 Å². The summed E-state index contributed by atoms with van der Waals surface area (Å²) in [7, 11) is 0. The summed E-state index contributed by atoms with van der Waals surface area (Å²) in [6.07, 6.45) is 0. The van der Waals surface area contributed by atoms with Crippen LogP contribution >= 0.6 is 0 Å². The molecule has 0 aliphatic rings. The molecule has 0 atom stereocenters. The van der Waals surface area contributed by atoms with Gasteiger partial charge in [0.2, 0.25) is 0 Å². The zero-order valence-corrected chi connectivity index (χ0v) is 34.2. The van der Waals surface area contributed by atoms with Gasteiger partial charge in [0.1, 0.15) is 0 Å². The molecular formula is C59H38N4. The molecule has 4 nitrogen and oxygen atoms in total. The predicted octanol–water partition coefficient (Wildman–Crippen LogP) is 15.4. The van der Waals surface area contributed by atoms with Crippen LogP contribution in [0.25, 0.3) is 116 Å². The summed E-state index contributed by atoms with van der Waals surface area (Å²) in [6.45, 7) is 0. The van der Waals surface area contributed by atoms with E-state index in [1.807, 2.05) is 0 Å². The average Bonchev–Trinajstić information content (AvgIpc) is 4.00. The Kier molecular flexibility index (Phi) is 7.87. The molecule has 0 fully saturated rings. The first-order chi connectivity index (χ1) is 31.3. The van der Waals surface area contributed by atoms with Crippen molar-refractivity contribution in [2.75, 3.05) is 0 Å². The number of hydrogen-bond acceptors (Lipinski definition) is 1. The van der Waals surface area contributed by atoms with Gasteiger partial charge in [-0.3, -0.25) is 0 Å². The van der Waals surface area contributed by atoms with Crippen molar-refractivity contribution in [1.82, 2.24) is 18.9 Å². The second-order valence-corrected chi connectivity index (χ2v) is 16.4. The number of hydrogen-bond donors (Lipinski definition) is 0. The summed E-state index contributed by atoms with van der Waals surface area (Å²) < 4.78 is 7.27. The zero-order valence-electron chi connectivity index (χ0n) is 34.2. The van der Waals surface area contributed by atoms with Gasteiger partial charge in [0, 0.05) is 49.1 Å². The van der Waals surface area contributed by atoms with E-state index in [0.717, 1.165) is 55.9 Å². The Morgan fingerprint density at radius 3 is 1.33 bits per heavy atom. The molecule has 0 radical (unpaired) electrons. The molecule has 0 saturated heterocycles. The van der Waals surface area contributed by atoms with Crippen molar-refractivity contribution in [3.63, 3.8) is 0 Å². The largest absolute Gasteiger partial charge is 0.309 e. The van der Waals surface area contributed by atoms with Crippen molar-refractivity contribution in [3.8, 4) is 50.5 Å². The topological polar surface area (TPSA) is 27.7 Å². The number of aromatic nitrogens is 4. The van der Waals surface area contributed by atoms with Gasteiger partial charge >= 0.3 is 0 Å². The van der Waals surface area contributed by atoms with E-state index >= 15 is 0 Å². The van der Waals surface area contributed by atoms with Crippen LogP contribution in [0, 0.1) is 0 Å². The molecule has 4 heterocycles. The van der Waals surface area contributed by atoms with E-state index in [-0.39, 0.29) is 0 Å². The summed E-state index contributed by atoms with van der Waals surface area (Å²) in [5.74, 6) is 0. The summed E-state index contributed by atoms with van der Waals surface area (Å²) in [5, 5.41) is 7.43. The van der Waals surface area contributed by atoms with Gasteiger partial charge in [0.25, 0.3) is 0 Å². The molecule has 13 rings (SSSR count). The number of para-hydroxylation sites is 4. The summed E-state index contributed by atoms with van der Waals surface area (Å²) in [4.78, 5) is 5.38. The van der Waals surface area contributed by atoms with Crippen molar-refractivity contribution < 1.29 is 0 Å². The first-order valence-corrected chi connectivity index (χ1v) is 21.6. The third-order valence-corrected chi connectivity index (χ3v) is 12.8. The molecule has 13 aromatic rings. The van der Waals surface area contributed by atoms with Crippen LogP contribution in [-0.4, -0.2) is 18.9 Å². The maximum absolute atomic E-state index is 5.38. The fraction of sp³-hybridized carbons (Fsp3) is 0. The first kappa shape index (κ1) is 35.3. The Balaban J connectivity index is 1.01. The lowest BCUT2D eigenvalue weighted by Crippen LogP contribution is -2.08. The van der Waals surface area contributed by atoms with Crippen molar-refractivity contribution in [1.29, 1.82) is 0 Å². The molecule has 294 valence electrons. The minimum absolute atomic E-state index is 0.928. The predicted molar refractivity (Wildman–Crippen MR) is 264 cm³/mol. The number of rotatable bonds is 6. The van der Waals surface area contributed by atoms with E-state index in [1.165, 1.54) is 60.0 Å². The van der Waals surface area contributed by atoms with Gasteiger partial charge in [-0.05, 0) is 82.9 Å². The van der Waals surface area contributed by atoms with Crippen molar-refractivity contribution in [2.24, 2.45) is 0 Å². The van der Waals surface area contributed by atoms with Crippen molar-refractivity contribution >= 4 is 65.4 Å². The highest BCUT2D eigenvalue weighted by molar-refractivity contribution is 6.28. The van der Waals surface area contributed by atoms with Crippen LogP contribution in [0.3, 0.4) is 0 Å². The molecule has 4 aromatic heterocycles. The highest BCUT2D eigenvalue weighted by atomic mass is 15.5. The molecule has 0 aliphatic carbocycles. The smallest absolute Gasteiger partial charge is 0.0724 e. The van der Waals surface area contributed by atoms with E-state index < -0.39 is 0 Å². The molecule has 4 heteroatoms. The molecule has 0 aliphatic heterocycles. The summed E-state index contributed by atoms with van der Waals surface area (Å²) in [5.41, 5.74) is 16.8. The van der Waals surface area contributed by atoms with E-state index in [1.54, 1.807) is 0 Å². The maximum Gasteiger partial charge on any atom is 0.0724 e. The Morgan fingerprint density at radius 2 is 0.683 bits per heavy atom. The van der Waals surface area contributed by atoms with Gasteiger partial charge < -0.3 is 4.57 Å². The summed E-state index contributed by atoms with van der Waals surface area (Å²) in [6, 6.07) is 83.1. The summed E-state index contributed by atoms with van der Waals surface area (Å²) >= 11 is 0. The Morgan fingerprint density at radius 1 is 0.254 bits per heavy atom. The minimum atomic E-state index is 0.928. The maximum atomic E-state index is 5.38. The SMILES string of the molecule is c1ccc(-c2ccc(-c3cc(-c4ccccc4)cc(-c4cccc(-n5c6ccccc6c6c7c8ccccc8n(-n8c9ccccc9c9ccccc98)c7ccc65)c4)n3)cc2)cc1. The Hall–Kier alpha value is -8.47. The number of nitrogens with zero attached hydrogens (tertiary/aromatic N) is 4. The Labute approximate surface area is 363 Å². The van der Waals surface area contributed by atoms with E-state index in [0.29, 0.717) is 0 Å². The molecular weight excluding hydrogens is 765 g/mol. The quantitative estimate of drug-likeness (QED) is 0.165. The lowest BCUT2D eigenvalue weighted by Gasteiger charge is -2.14. The van der Waals surface area contributed by atoms with Gasteiger partial charge in [0.05, 0.1) is 44.5 Å². The number of fused-ring (bicyclic) bond motifs is 10. The van der Waals surface area contributed by atoms with Crippen LogP contribution in [0.2, 0.25) is 0 Å². The molecule has 0 amide bonds. The average molecular weight is 803 g/mol. The first-order valence-electron chi connectivity index (χ1n) is 21.6. The van der Waals surface area contributed by atoms with E-state index in [9.17, 15) is 0 Å². The number of benzene rings is 9. The fourth-order valence-electron chi connectivity index (χ4n) is 10.0. The van der Waals surface area contributed by atoms with Gasteiger partial charge in [0.15, 0.2) is 0 Å². The van der Waals surface area contributed by atoms with Crippen molar-refractivity contribution in [2.45, 2.75) is 0 Å². The second kappa shape index (κ2) is 14.1. The van der Waals surface area contributed by atoms with Crippen LogP contribution in [-0.2, 0) is 0 Å². The normalized spacial score (nSPS) is 11.8. The molecule has 0 spiro atoms. The third-order valence-electron chi connectivity index (χ3n) is 12.8. The molecule has 9 aromatic carbocycles. The Bertz CT molecular complexity index is 3840. The lowest BCUT2D eigenvalue weighted by atomic mass is 9.98. The third kappa shape index (κ3) is 5.52. The molecule has 63 heavy (non-hydrogen) atoms. The van der Waals surface area contributed by atoms with Crippen LogP contribution in [0.5, 0.6) is 0 Å². The van der Waals surface area contributed by atoms with Gasteiger partial charge in [-0.1, -0.05) is 170 Å². The van der Waals surface area contributed by atoms with Gasteiger partial charge in [-0.15, -0.1) is 0 Å². The van der Waals surface area contributed by atoms with Crippen LogP contribution in [0.1, 0.15) is 0 Å². The second-order valence-electron chi connectivity index (χ2n) is 16.4. The molecule has 0 unspecified atom stereocenters. The van der Waals surface area contributed by atoms with Crippen molar-refractivity contribution in [3.05, 3.63) is 231 Å². The molecule has 0 saturated carbocycles.